The van der Waals surface area contributed by atoms with E-state index in [1.807, 2.05) is 0 Å². The summed E-state index contributed by atoms with van der Waals surface area (Å²) in [5.74, 6) is -0.727. The Morgan fingerprint density at radius 3 is 2.95 bits per heavy atom. The number of nitrogens with zero attached hydrogens (tertiary/aromatic N) is 1. The van der Waals surface area contributed by atoms with Crippen LogP contribution < -0.4 is 5.32 Å². The van der Waals surface area contributed by atoms with E-state index in [1.54, 1.807) is 30.5 Å². The molecule has 0 bridgehead atoms. The number of hydrogen-bond acceptors (Lipinski definition) is 3. The Balaban J connectivity index is 1.70. The maximum absolute atomic E-state index is 13.7. The molecule has 2 aromatic rings. The number of aliphatic hydroxyl groups excluding tert-OH is 1. The molecule has 2 unspecified atom stereocenters. The second kappa shape index (κ2) is 5.61. The fraction of sp³-hybridized carbons (Fsp3) is 0.250. The number of amides is 1. The van der Waals surface area contributed by atoms with Crippen LogP contribution in [0.15, 0.2) is 42.7 Å². The Kier molecular flexibility index (Phi) is 3.66. The topological polar surface area (TPSA) is 62.2 Å². The quantitative estimate of drug-likeness (QED) is 0.907. The Bertz CT molecular complexity index is 675. The zero-order valence-electron chi connectivity index (χ0n) is 11.3. The zero-order valence-corrected chi connectivity index (χ0v) is 11.3. The lowest BCUT2D eigenvalue weighted by molar-refractivity contribution is -0.117. The van der Waals surface area contributed by atoms with Crippen LogP contribution in [0.2, 0.25) is 0 Å². The second-order valence-corrected chi connectivity index (χ2v) is 5.15. The molecule has 1 aliphatic rings. The number of aliphatic hydroxyl groups is 1. The van der Waals surface area contributed by atoms with Crippen molar-refractivity contribution >= 4 is 11.6 Å². The third-order valence-corrected chi connectivity index (χ3v) is 3.77. The van der Waals surface area contributed by atoms with Crippen molar-refractivity contribution in [1.29, 1.82) is 0 Å². The monoisotopic (exact) mass is 286 g/mol. The first kappa shape index (κ1) is 13.7. The molecule has 1 heterocycles. The van der Waals surface area contributed by atoms with Crippen LogP contribution in [0.3, 0.4) is 0 Å². The summed E-state index contributed by atoms with van der Waals surface area (Å²) in [6, 6.07) is 8.19. The molecule has 0 radical (unpaired) electrons. The van der Waals surface area contributed by atoms with E-state index >= 15 is 0 Å². The highest BCUT2D eigenvalue weighted by Crippen LogP contribution is 2.48. The summed E-state index contributed by atoms with van der Waals surface area (Å²) in [5.41, 5.74) is 1.71. The van der Waals surface area contributed by atoms with Crippen molar-refractivity contribution in [2.24, 2.45) is 5.92 Å². The van der Waals surface area contributed by atoms with Crippen LogP contribution in [0.25, 0.3) is 0 Å². The molecular weight excluding hydrogens is 271 g/mol. The molecule has 21 heavy (non-hydrogen) atoms. The van der Waals surface area contributed by atoms with Crippen LogP contribution >= 0.6 is 0 Å². The van der Waals surface area contributed by atoms with Crippen LogP contribution in [0, 0.1) is 11.7 Å². The first-order valence-electron chi connectivity index (χ1n) is 6.79. The van der Waals surface area contributed by atoms with Gasteiger partial charge in [-0.05, 0) is 30.0 Å². The van der Waals surface area contributed by atoms with Gasteiger partial charge >= 0.3 is 0 Å². The lowest BCUT2D eigenvalue weighted by Crippen LogP contribution is -2.16. The normalized spacial score (nSPS) is 20.1. The largest absolute Gasteiger partial charge is 0.392 e. The molecule has 1 aliphatic carbocycles. The Morgan fingerprint density at radius 1 is 1.38 bits per heavy atom. The first-order valence-corrected chi connectivity index (χ1v) is 6.79. The molecule has 2 N–H and O–H groups in total. The molecule has 1 saturated carbocycles. The van der Waals surface area contributed by atoms with Gasteiger partial charge in [0, 0.05) is 17.7 Å². The molecular formula is C16H15FN2O2. The van der Waals surface area contributed by atoms with Gasteiger partial charge in [0.15, 0.2) is 0 Å². The average molecular weight is 286 g/mol. The van der Waals surface area contributed by atoms with Crippen LogP contribution in [0.4, 0.5) is 10.1 Å². The molecule has 1 aromatic heterocycles. The number of benzene rings is 1. The molecule has 0 spiro atoms. The number of pyridine rings is 1. The van der Waals surface area contributed by atoms with Gasteiger partial charge in [-0.3, -0.25) is 9.78 Å². The number of nitrogens with one attached hydrogen (secondary N) is 1. The summed E-state index contributed by atoms with van der Waals surface area (Å²) in [6.45, 7) is -0.167. The summed E-state index contributed by atoms with van der Waals surface area (Å²) in [4.78, 5) is 16.1. The molecule has 108 valence electrons. The number of aromatic nitrogens is 1. The van der Waals surface area contributed by atoms with E-state index < -0.39 is 0 Å². The van der Waals surface area contributed by atoms with Gasteiger partial charge in [-0.15, -0.1) is 0 Å². The van der Waals surface area contributed by atoms with E-state index in [2.05, 4.69) is 10.3 Å². The SMILES string of the molecule is O=C(Nc1cnccc1CO)C1CC1c1ccccc1F. The van der Waals surface area contributed by atoms with Crippen molar-refractivity contribution < 1.29 is 14.3 Å². The predicted octanol–water partition coefficient (Wildman–Crippen LogP) is 2.46. The maximum Gasteiger partial charge on any atom is 0.228 e. The maximum atomic E-state index is 13.7. The predicted molar refractivity (Wildman–Crippen MR) is 76.0 cm³/mol. The lowest BCUT2D eigenvalue weighted by atomic mass is 10.1. The molecule has 1 aromatic carbocycles. The van der Waals surface area contributed by atoms with Gasteiger partial charge < -0.3 is 10.4 Å². The van der Waals surface area contributed by atoms with Crippen LogP contribution in [0.1, 0.15) is 23.5 Å². The molecule has 0 aliphatic heterocycles. The minimum Gasteiger partial charge on any atom is -0.392 e. The summed E-state index contributed by atoms with van der Waals surface area (Å²) < 4.78 is 13.7. The van der Waals surface area contributed by atoms with Gasteiger partial charge in [0.05, 0.1) is 18.5 Å². The van der Waals surface area contributed by atoms with E-state index in [-0.39, 0.29) is 30.2 Å². The highest BCUT2D eigenvalue weighted by Gasteiger charge is 2.45. The first-order chi connectivity index (χ1) is 10.2. The molecule has 0 saturated heterocycles. The van der Waals surface area contributed by atoms with Gasteiger partial charge in [0.1, 0.15) is 5.82 Å². The summed E-state index contributed by atoms with van der Waals surface area (Å²) in [5, 5.41) is 12.0. The van der Waals surface area contributed by atoms with E-state index in [9.17, 15) is 14.3 Å². The lowest BCUT2D eigenvalue weighted by Gasteiger charge is -2.08. The Labute approximate surface area is 121 Å². The number of carbonyl (C=O) groups is 1. The van der Waals surface area contributed by atoms with Gasteiger partial charge in [-0.2, -0.15) is 0 Å². The fourth-order valence-electron chi connectivity index (χ4n) is 2.50. The van der Waals surface area contributed by atoms with Crippen LogP contribution in [0.5, 0.6) is 0 Å². The van der Waals surface area contributed by atoms with Crippen LogP contribution in [-0.4, -0.2) is 16.0 Å². The van der Waals surface area contributed by atoms with Gasteiger partial charge in [-0.25, -0.2) is 4.39 Å². The molecule has 3 rings (SSSR count). The van der Waals surface area contributed by atoms with Crippen molar-refractivity contribution in [3.05, 3.63) is 59.7 Å². The van der Waals surface area contributed by atoms with E-state index in [0.29, 0.717) is 23.2 Å². The summed E-state index contributed by atoms with van der Waals surface area (Å²) in [6.07, 6.45) is 3.70. The van der Waals surface area contributed by atoms with Gasteiger partial charge in [0.25, 0.3) is 0 Å². The minimum absolute atomic E-state index is 0.0690. The zero-order chi connectivity index (χ0) is 14.8. The van der Waals surface area contributed by atoms with Crippen molar-refractivity contribution in [2.45, 2.75) is 18.9 Å². The standard InChI is InChI=1S/C16H15FN2O2/c17-14-4-2-1-3-11(14)12-7-13(12)16(21)19-15-8-18-6-5-10(15)9-20/h1-6,8,12-13,20H,7,9H2,(H,19,21). The number of carbonyl (C=O) groups excluding carboxylic acids is 1. The fourth-order valence-corrected chi connectivity index (χ4v) is 2.50. The average Bonchev–Trinajstić information content (AvgIpc) is 3.29. The third-order valence-electron chi connectivity index (χ3n) is 3.77. The number of rotatable bonds is 4. The van der Waals surface area contributed by atoms with Crippen LogP contribution in [-0.2, 0) is 11.4 Å². The van der Waals surface area contributed by atoms with Crippen molar-refractivity contribution in [3.8, 4) is 0 Å². The summed E-state index contributed by atoms with van der Waals surface area (Å²) in [7, 11) is 0. The highest BCUT2D eigenvalue weighted by molar-refractivity contribution is 5.95. The Morgan fingerprint density at radius 2 is 2.19 bits per heavy atom. The smallest absolute Gasteiger partial charge is 0.228 e. The van der Waals surface area contributed by atoms with Crippen molar-refractivity contribution in [3.63, 3.8) is 0 Å². The minimum atomic E-state index is -0.268. The van der Waals surface area contributed by atoms with E-state index in [4.69, 9.17) is 0 Å². The highest BCUT2D eigenvalue weighted by atomic mass is 19.1. The van der Waals surface area contributed by atoms with E-state index in [0.717, 1.165) is 0 Å². The third kappa shape index (κ3) is 2.78. The van der Waals surface area contributed by atoms with Crippen molar-refractivity contribution in [1.82, 2.24) is 4.98 Å². The molecule has 1 amide bonds. The van der Waals surface area contributed by atoms with E-state index in [1.165, 1.54) is 12.3 Å². The molecule has 1 fully saturated rings. The van der Waals surface area contributed by atoms with Gasteiger partial charge in [-0.1, -0.05) is 18.2 Å². The number of hydrogen-bond donors (Lipinski definition) is 2. The second-order valence-electron chi connectivity index (χ2n) is 5.15. The molecule has 2 atom stereocenters. The van der Waals surface area contributed by atoms with Gasteiger partial charge in [0.2, 0.25) is 5.91 Å². The Hall–Kier alpha value is -2.27. The molecule has 4 nitrogen and oxygen atoms in total. The molecule has 5 heteroatoms. The summed E-state index contributed by atoms with van der Waals surface area (Å²) >= 11 is 0. The number of halogens is 1. The number of anilines is 1. The van der Waals surface area contributed by atoms with Crippen molar-refractivity contribution in [2.75, 3.05) is 5.32 Å².